The highest BCUT2D eigenvalue weighted by atomic mass is 14.7. The van der Waals surface area contributed by atoms with E-state index in [1.165, 1.54) is 27.8 Å². The van der Waals surface area contributed by atoms with Crippen molar-refractivity contribution in [2.45, 2.75) is 13.3 Å². The van der Waals surface area contributed by atoms with Crippen molar-refractivity contribution in [3.8, 4) is 11.1 Å². The van der Waals surface area contributed by atoms with Crippen LogP contribution in [-0.4, -0.2) is 12.8 Å². The van der Waals surface area contributed by atoms with Crippen LogP contribution in [-0.2, 0) is 6.42 Å². The molecule has 2 aromatic rings. The van der Waals surface area contributed by atoms with Crippen LogP contribution in [0.2, 0.25) is 0 Å². The number of nitrogens with zero attached hydrogens (tertiary/aromatic N) is 1. The molecule has 0 fully saturated rings. The molecule has 0 N–H and O–H groups in total. The van der Waals surface area contributed by atoms with E-state index in [2.05, 4.69) is 54.4 Å². The normalized spacial score (nSPS) is 13.4. The standard InChI is InChI=1S/C16H15N/c1-11(17-2)12-7-8-16-14(9-12)10-13-5-3-4-6-15(13)16/h3-9H,10H2,1-2H3/b17-11-. The van der Waals surface area contributed by atoms with Gasteiger partial charge in [-0.2, -0.15) is 0 Å². The summed E-state index contributed by atoms with van der Waals surface area (Å²) in [5, 5.41) is 0. The second-order valence-corrected chi connectivity index (χ2v) is 4.51. The Bertz CT molecular complexity index is 609. The number of hydrogen-bond donors (Lipinski definition) is 0. The Labute approximate surface area is 102 Å². The van der Waals surface area contributed by atoms with Crippen molar-refractivity contribution in [1.29, 1.82) is 0 Å². The molecule has 0 bridgehead atoms. The molecule has 0 unspecified atom stereocenters. The van der Waals surface area contributed by atoms with Gasteiger partial charge in [0.25, 0.3) is 0 Å². The van der Waals surface area contributed by atoms with E-state index in [4.69, 9.17) is 0 Å². The van der Waals surface area contributed by atoms with Crippen LogP contribution in [0, 0.1) is 0 Å². The minimum atomic E-state index is 1.05. The first-order chi connectivity index (χ1) is 8.29. The van der Waals surface area contributed by atoms with Gasteiger partial charge < -0.3 is 0 Å². The Balaban J connectivity index is 2.13. The summed E-state index contributed by atoms with van der Waals surface area (Å²) >= 11 is 0. The van der Waals surface area contributed by atoms with E-state index in [-0.39, 0.29) is 0 Å². The lowest BCUT2D eigenvalue weighted by molar-refractivity contribution is 1.26. The fraction of sp³-hybridized carbons (Fsp3) is 0.188. The van der Waals surface area contributed by atoms with E-state index >= 15 is 0 Å². The van der Waals surface area contributed by atoms with Crippen molar-refractivity contribution in [3.05, 3.63) is 59.2 Å². The van der Waals surface area contributed by atoms with Crippen LogP contribution in [0.25, 0.3) is 11.1 Å². The van der Waals surface area contributed by atoms with Gasteiger partial charge in [-0.15, -0.1) is 0 Å². The fourth-order valence-corrected chi connectivity index (χ4v) is 2.50. The molecule has 3 rings (SSSR count). The molecule has 84 valence electrons. The molecule has 0 heterocycles. The quantitative estimate of drug-likeness (QED) is 0.556. The van der Waals surface area contributed by atoms with Crippen LogP contribution in [0.5, 0.6) is 0 Å². The van der Waals surface area contributed by atoms with Crippen molar-refractivity contribution in [1.82, 2.24) is 0 Å². The lowest BCUT2D eigenvalue weighted by atomic mass is 10.0. The van der Waals surface area contributed by atoms with Gasteiger partial charge in [0.2, 0.25) is 0 Å². The molecule has 1 heteroatoms. The van der Waals surface area contributed by atoms with Gasteiger partial charge in [-0.1, -0.05) is 36.4 Å². The SMILES string of the molecule is C/N=C(/C)c1ccc2c(c1)Cc1ccccc1-2. The van der Waals surface area contributed by atoms with E-state index in [1.807, 2.05) is 7.05 Å². The fourth-order valence-electron chi connectivity index (χ4n) is 2.50. The summed E-state index contributed by atoms with van der Waals surface area (Å²) in [4.78, 5) is 4.25. The van der Waals surface area contributed by atoms with Crippen molar-refractivity contribution >= 4 is 5.71 Å². The molecule has 17 heavy (non-hydrogen) atoms. The van der Waals surface area contributed by atoms with Gasteiger partial charge in [0.1, 0.15) is 0 Å². The van der Waals surface area contributed by atoms with Crippen molar-refractivity contribution < 1.29 is 0 Å². The number of hydrogen-bond acceptors (Lipinski definition) is 1. The van der Waals surface area contributed by atoms with Crippen LogP contribution in [0.1, 0.15) is 23.6 Å². The highest BCUT2D eigenvalue weighted by Crippen LogP contribution is 2.36. The maximum atomic E-state index is 4.25. The smallest absolute Gasteiger partial charge is 0.0386 e. The number of benzene rings is 2. The molecule has 0 aromatic heterocycles. The first-order valence-electron chi connectivity index (χ1n) is 5.94. The number of rotatable bonds is 1. The van der Waals surface area contributed by atoms with Crippen molar-refractivity contribution in [2.24, 2.45) is 4.99 Å². The van der Waals surface area contributed by atoms with E-state index in [0.717, 1.165) is 12.1 Å². The van der Waals surface area contributed by atoms with Crippen LogP contribution in [0.15, 0.2) is 47.5 Å². The summed E-state index contributed by atoms with van der Waals surface area (Å²) in [5.74, 6) is 0. The molecule has 0 amide bonds. The van der Waals surface area contributed by atoms with Gasteiger partial charge in [0.15, 0.2) is 0 Å². The molecule has 0 spiro atoms. The van der Waals surface area contributed by atoms with E-state index in [1.54, 1.807) is 0 Å². The third kappa shape index (κ3) is 1.59. The third-order valence-electron chi connectivity index (χ3n) is 3.55. The predicted molar refractivity (Wildman–Crippen MR) is 72.8 cm³/mol. The molecule has 1 aliphatic rings. The molecular weight excluding hydrogens is 206 g/mol. The first kappa shape index (κ1) is 10.3. The van der Waals surface area contributed by atoms with Crippen LogP contribution in [0.3, 0.4) is 0 Å². The number of aliphatic imine (C=N–C) groups is 1. The average Bonchev–Trinajstić information content (AvgIpc) is 2.75. The minimum Gasteiger partial charge on any atom is -0.293 e. The Morgan fingerprint density at radius 3 is 2.59 bits per heavy atom. The van der Waals surface area contributed by atoms with Gasteiger partial charge in [-0.05, 0) is 47.2 Å². The summed E-state index contributed by atoms with van der Waals surface area (Å²) in [6.45, 7) is 2.06. The molecule has 1 nitrogen and oxygen atoms in total. The van der Waals surface area contributed by atoms with Crippen LogP contribution >= 0.6 is 0 Å². The Morgan fingerprint density at radius 2 is 1.76 bits per heavy atom. The summed E-state index contributed by atoms with van der Waals surface area (Å²) in [6, 6.07) is 15.3. The van der Waals surface area contributed by atoms with Gasteiger partial charge in [-0.3, -0.25) is 4.99 Å². The highest BCUT2D eigenvalue weighted by molar-refractivity contribution is 5.99. The van der Waals surface area contributed by atoms with Crippen LogP contribution < -0.4 is 0 Å². The zero-order valence-electron chi connectivity index (χ0n) is 10.2. The van der Waals surface area contributed by atoms with Crippen molar-refractivity contribution in [3.63, 3.8) is 0 Å². The topological polar surface area (TPSA) is 12.4 Å². The van der Waals surface area contributed by atoms with Crippen molar-refractivity contribution in [2.75, 3.05) is 7.05 Å². The number of fused-ring (bicyclic) bond motifs is 3. The molecular formula is C16H15N. The molecule has 0 saturated heterocycles. The average molecular weight is 221 g/mol. The van der Waals surface area contributed by atoms with Gasteiger partial charge in [0.05, 0.1) is 0 Å². The summed E-state index contributed by atoms with van der Waals surface area (Å²) in [5.41, 5.74) is 7.97. The van der Waals surface area contributed by atoms with Gasteiger partial charge in [0, 0.05) is 12.8 Å². The Hall–Kier alpha value is -1.89. The Morgan fingerprint density at radius 1 is 1.00 bits per heavy atom. The summed E-state index contributed by atoms with van der Waals surface area (Å²) in [7, 11) is 1.84. The first-order valence-corrected chi connectivity index (χ1v) is 5.94. The summed E-state index contributed by atoms with van der Waals surface area (Å²) < 4.78 is 0. The third-order valence-corrected chi connectivity index (χ3v) is 3.55. The minimum absolute atomic E-state index is 1.05. The predicted octanol–water partition coefficient (Wildman–Crippen LogP) is 3.70. The molecule has 0 aliphatic heterocycles. The summed E-state index contributed by atoms with van der Waals surface area (Å²) in [6.07, 6.45) is 1.05. The zero-order valence-corrected chi connectivity index (χ0v) is 10.2. The molecule has 0 atom stereocenters. The van der Waals surface area contributed by atoms with E-state index in [0.29, 0.717) is 0 Å². The molecule has 0 saturated carbocycles. The second kappa shape index (κ2) is 3.85. The van der Waals surface area contributed by atoms with Gasteiger partial charge >= 0.3 is 0 Å². The maximum absolute atomic E-state index is 4.25. The highest BCUT2D eigenvalue weighted by Gasteiger charge is 2.17. The van der Waals surface area contributed by atoms with E-state index in [9.17, 15) is 0 Å². The molecule has 2 aromatic carbocycles. The van der Waals surface area contributed by atoms with E-state index < -0.39 is 0 Å². The molecule has 1 aliphatic carbocycles. The lowest BCUT2D eigenvalue weighted by Crippen LogP contribution is -1.95. The zero-order chi connectivity index (χ0) is 11.8. The lowest BCUT2D eigenvalue weighted by Gasteiger charge is -2.04. The second-order valence-electron chi connectivity index (χ2n) is 4.51. The largest absolute Gasteiger partial charge is 0.293 e. The Kier molecular flexibility index (Phi) is 2.32. The molecule has 0 radical (unpaired) electrons. The van der Waals surface area contributed by atoms with Gasteiger partial charge in [-0.25, -0.2) is 0 Å². The maximum Gasteiger partial charge on any atom is 0.0386 e. The van der Waals surface area contributed by atoms with Crippen LogP contribution in [0.4, 0.5) is 0 Å². The monoisotopic (exact) mass is 221 g/mol.